The third kappa shape index (κ3) is 4.63. The quantitative estimate of drug-likeness (QED) is 0.789. The van der Waals surface area contributed by atoms with Gasteiger partial charge >= 0.3 is 0 Å². The molecule has 1 aliphatic rings. The minimum atomic E-state index is -3.68. The molecule has 1 fully saturated rings. The van der Waals surface area contributed by atoms with Gasteiger partial charge in [-0.15, -0.1) is 11.3 Å². The summed E-state index contributed by atoms with van der Waals surface area (Å²) >= 11 is 1.51. The van der Waals surface area contributed by atoms with E-state index >= 15 is 0 Å². The van der Waals surface area contributed by atoms with Gasteiger partial charge in [-0.3, -0.25) is 4.79 Å². The Morgan fingerprint density at radius 3 is 2.96 bits per heavy atom. The maximum Gasteiger partial charge on any atom is 0.251 e. The van der Waals surface area contributed by atoms with Gasteiger partial charge in [-0.1, -0.05) is 6.07 Å². The standard InChI is InChI=1S/C16H19N3O4S2/c1-11-18-14(10-24-11)8-17-16(20)12-3-2-4-15(7-12)25(21,22)19-13-5-6-23-9-13/h2-4,7,10,13,19H,5-6,8-9H2,1H3,(H,17,20). The van der Waals surface area contributed by atoms with E-state index in [-0.39, 0.29) is 22.4 Å². The maximum absolute atomic E-state index is 12.4. The fraction of sp³-hybridized carbons (Fsp3) is 0.375. The molecule has 1 atom stereocenters. The molecule has 3 rings (SSSR count). The topological polar surface area (TPSA) is 97.4 Å². The first-order chi connectivity index (χ1) is 11.9. The van der Waals surface area contributed by atoms with E-state index in [9.17, 15) is 13.2 Å². The molecule has 9 heteroatoms. The first kappa shape index (κ1) is 18.0. The Balaban J connectivity index is 1.68. The van der Waals surface area contributed by atoms with E-state index < -0.39 is 10.0 Å². The lowest BCUT2D eigenvalue weighted by molar-refractivity contribution is 0.0950. The van der Waals surface area contributed by atoms with Gasteiger partial charge < -0.3 is 10.1 Å². The second-order valence-corrected chi connectivity index (χ2v) is 8.53. The van der Waals surface area contributed by atoms with Crippen molar-refractivity contribution >= 4 is 27.3 Å². The Bertz CT molecular complexity index is 858. The zero-order chi connectivity index (χ0) is 17.9. The molecule has 2 aromatic rings. The van der Waals surface area contributed by atoms with Crippen molar-refractivity contribution < 1.29 is 17.9 Å². The van der Waals surface area contributed by atoms with Crippen LogP contribution in [0.1, 0.15) is 27.5 Å². The van der Waals surface area contributed by atoms with Crippen LogP contribution in [-0.4, -0.2) is 38.6 Å². The molecular weight excluding hydrogens is 362 g/mol. The van der Waals surface area contributed by atoms with Crippen LogP contribution in [-0.2, 0) is 21.3 Å². The molecule has 1 amide bonds. The highest BCUT2D eigenvalue weighted by Gasteiger charge is 2.24. The number of ether oxygens (including phenoxy) is 1. The average molecular weight is 381 g/mol. The lowest BCUT2D eigenvalue weighted by Gasteiger charge is -2.12. The zero-order valence-electron chi connectivity index (χ0n) is 13.7. The molecule has 1 unspecified atom stereocenters. The number of carbonyl (C=O) groups is 1. The average Bonchev–Trinajstić information content (AvgIpc) is 3.24. The molecule has 25 heavy (non-hydrogen) atoms. The molecule has 1 aromatic carbocycles. The molecule has 0 spiro atoms. The molecule has 1 aromatic heterocycles. The number of rotatable bonds is 6. The van der Waals surface area contributed by atoms with E-state index in [1.807, 2.05) is 12.3 Å². The van der Waals surface area contributed by atoms with Crippen molar-refractivity contribution in [1.82, 2.24) is 15.0 Å². The van der Waals surface area contributed by atoms with Crippen molar-refractivity contribution in [3.63, 3.8) is 0 Å². The first-order valence-corrected chi connectivity index (χ1v) is 10.2. The Kier molecular flexibility index (Phi) is 5.48. The largest absolute Gasteiger partial charge is 0.380 e. The SMILES string of the molecule is Cc1nc(CNC(=O)c2cccc(S(=O)(=O)NC3CCOC3)c2)cs1. The van der Waals surface area contributed by atoms with E-state index in [0.717, 1.165) is 10.7 Å². The van der Waals surface area contributed by atoms with Gasteiger partial charge in [-0.05, 0) is 31.5 Å². The Labute approximate surface area is 150 Å². The van der Waals surface area contributed by atoms with Gasteiger partial charge in [0.2, 0.25) is 10.0 Å². The monoisotopic (exact) mass is 381 g/mol. The second kappa shape index (κ2) is 7.61. The van der Waals surface area contributed by atoms with Crippen LogP contribution in [0, 0.1) is 6.92 Å². The van der Waals surface area contributed by atoms with Gasteiger partial charge in [-0.2, -0.15) is 0 Å². The Morgan fingerprint density at radius 1 is 1.44 bits per heavy atom. The smallest absolute Gasteiger partial charge is 0.251 e. The van der Waals surface area contributed by atoms with E-state index in [1.165, 1.54) is 23.5 Å². The predicted molar refractivity (Wildman–Crippen MR) is 94.0 cm³/mol. The van der Waals surface area contributed by atoms with Gasteiger partial charge in [0.15, 0.2) is 0 Å². The number of hydrogen-bond donors (Lipinski definition) is 2. The molecule has 0 bridgehead atoms. The summed E-state index contributed by atoms with van der Waals surface area (Å²) in [4.78, 5) is 16.6. The third-order valence-corrected chi connectivity index (χ3v) is 6.10. The van der Waals surface area contributed by atoms with Crippen molar-refractivity contribution in [2.24, 2.45) is 0 Å². The number of benzene rings is 1. The predicted octanol–water partition coefficient (Wildman–Crippen LogP) is 1.45. The number of sulfonamides is 1. The number of amides is 1. The summed E-state index contributed by atoms with van der Waals surface area (Å²) < 4.78 is 32.7. The molecule has 2 N–H and O–H groups in total. The minimum absolute atomic E-state index is 0.0663. The van der Waals surface area contributed by atoms with Gasteiger partial charge in [0.1, 0.15) is 0 Å². The van der Waals surface area contributed by atoms with Crippen molar-refractivity contribution in [3.8, 4) is 0 Å². The molecule has 1 aliphatic heterocycles. The van der Waals surface area contributed by atoms with Crippen molar-refractivity contribution in [3.05, 3.63) is 45.9 Å². The molecular formula is C16H19N3O4S2. The first-order valence-electron chi connectivity index (χ1n) is 7.83. The highest BCUT2D eigenvalue weighted by Crippen LogP contribution is 2.15. The van der Waals surface area contributed by atoms with Gasteiger partial charge in [0, 0.05) is 23.6 Å². The molecule has 1 saturated heterocycles. The van der Waals surface area contributed by atoms with E-state index in [1.54, 1.807) is 12.1 Å². The fourth-order valence-electron chi connectivity index (χ4n) is 2.48. The van der Waals surface area contributed by atoms with Crippen molar-refractivity contribution in [2.75, 3.05) is 13.2 Å². The number of hydrogen-bond acceptors (Lipinski definition) is 6. The highest BCUT2D eigenvalue weighted by atomic mass is 32.2. The van der Waals surface area contributed by atoms with Crippen LogP contribution in [0.4, 0.5) is 0 Å². The van der Waals surface area contributed by atoms with Gasteiger partial charge in [0.05, 0.1) is 28.7 Å². The lowest BCUT2D eigenvalue weighted by atomic mass is 10.2. The minimum Gasteiger partial charge on any atom is -0.380 e. The molecule has 134 valence electrons. The third-order valence-electron chi connectivity index (χ3n) is 3.75. The van der Waals surface area contributed by atoms with Crippen molar-refractivity contribution in [1.29, 1.82) is 0 Å². The van der Waals surface area contributed by atoms with Crippen molar-refractivity contribution in [2.45, 2.75) is 30.8 Å². The second-order valence-electron chi connectivity index (χ2n) is 5.75. The van der Waals surface area contributed by atoms with Gasteiger partial charge in [-0.25, -0.2) is 18.1 Å². The van der Waals surface area contributed by atoms with E-state index in [2.05, 4.69) is 15.0 Å². The summed E-state index contributed by atoms with van der Waals surface area (Å²) in [5.41, 5.74) is 1.07. The highest BCUT2D eigenvalue weighted by molar-refractivity contribution is 7.89. The molecule has 0 saturated carbocycles. The van der Waals surface area contributed by atoms with Crippen LogP contribution < -0.4 is 10.0 Å². The number of nitrogens with one attached hydrogen (secondary N) is 2. The zero-order valence-corrected chi connectivity index (χ0v) is 15.3. The van der Waals surface area contributed by atoms with Crippen LogP contribution in [0.15, 0.2) is 34.5 Å². The summed E-state index contributed by atoms with van der Waals surface area (Å²) in [5, 5.41) is 5.56. The number of aromatic nitrogens is 1. The molecule has 0 radical (unpaired) electrons. The van der Waals surface area contributed by atoms with Crippen LogP contribution in [0.25, 0.3) is 0 Å². The van der Waals surface area contributed by atoms with Gasteiger partial charge in [0.25, 0.3) is 5.91 Å². The van der Waals surface area contributed by atoms with E-state index in [0.29, 0.717) is 26.2 Å². The maximum atomic E-state index is 12.4. The number of aryl methyl sites for hydroxylation is 1. The molecule has 2 heterocycles. The normalized spacial score (nSPS) is 17.6. The Morgan fingerprint density at radius 2 is 2.28 bits per heavy atom. The summed E-state index contributed by atoms with van der Waals surface area (Å²) in [6.07, 6.45) is 0.645. The summed E-state index contributed by atoms with van der Waals surface area (Å²) in [7, 11) is -3.68. The molecule has 0 aliphatic carbocycles. The van der Waals surface area contributed by atoms with Crippen LogP contribution in [0.2, 0.25) is 0 Å². The van der Waals surface area contributed by atoms with E-state index in [4.69, 9.17) is 4.74 Å². The summed E-state index contributed by atoms with van der Waals surface area (Å²) in [6, 6.07) is 5.76. The lowest BCUT2D eigenvalue weighted by Crippen LogP contribution is -2.35. The molecule has 7 nitrogen and oxygen atoms in total. The number of carbonyl (C=O) groups excluding carboxylic acids is 1. The summed E-state index contributed by atoms with van der Waals surface area (Å²) in [5.74, 6) is -0.341. The van der Waals surface area contributed by atoms with Crippen LogP contribution in [0.3, 0.4) is 0 Å². The van der Waals surface area contributed by atoms with Crippen LogP contribution >= 0.6 is 11.3 Å². The number of nitrogens with zero attached hydrogens (tertiary/aromatic N) is 1. The number of thiazole rings is 1. The summed E-state index contributed by atoms with van der Waals surface area (Å²) in [6.45, 7) is 3.11. The fourth-order valence-corrected chi connectivity index (χ4v) is 4.39. The Hall–Kier alpha value is -1.81. The van der Waals surface area contributed by atoms with Crippen LogP contribution in [0.5, 0.6) is 0 Å².